The van der Waals surface area contributed by atoms with E-state index in [0.717, 1.165) is 12.8 Å². The van der Waals surface area contributed by atoms with Crippen LogP contribution in [0.1, 0.15) is 18.1 Å². The van der Waals surface area contributed by atoms with Crippen LogP contribution in [-0.2, 0) is 19.4 Å². The molecule has 0 unspecified atom stereocenters. The van der Waals surface area contributed by atoms with Gasteiger partial charge in [0.15, 0.2) is 0 Å². The molecule has 0 aliphatic heterocycles. The monoisotopic (exact) mass is 277 g/mol. The van der Waals surface area contributed by atoms with Gasteiger partial charge in [0.2, 0.25) is 0 Å². The fourth-order valence-electron chi connectivity index (χ4n) is 1.83. The van der Waals surface area contributed by atoms with Gasteiger partial charge in [-0.25, -0.2) is 4.98 Å². The van der Waals surface area contributed by atoms with Gasteiger partial charge >= 0.3 is 0 Å². The van der Waals surface area contributed by atoms with Crippen LogP contribution in [-0.4, -0.2) is 9.55 Å². The van der Waals surface area contributed by atoms with Gasteiger partial charge in [-0.2, -0.15) is 0 Å². The third-order valence-corrected chi connectivity index (χ3v) is 3.44. The van der Waals surface area contributed by atoms with E-state index in [1.54, 1.807) is 0 Å². The Hall–Kier alpha value is -1.81. The van der Waals surface area contributed by atoms with E-state index >= 15 is 0 Å². The minimum absolute atomic E-state index is 0.0103. The number of rotatable bonds is 4. The Balaban J connectivity index is 2.10. The Labute approximate surface area is 116 Å². The number of benzene rings is 1. The lowest BCUT2D eigenvalue weighted by atomic mass is 10.1. The molecule has 1 aromatic heterocycles. The first-order valence-electron chi connectivity index (χ1n) is 6.20. The molecule has 2 rings (SSSR count). The zero-order valence-corrected chi connectivity index (χ0v) is 11.5. The van der Waals surface area contributed by atoms with Crippen molar-refractivity contribution < 1.29 is 0 Å². The molecule has 0 saturated carbocycles. The molecule has 2 N–H and O–H groups in total. The molecular weight excluding hydrogens is 262 g/mol. The second kappa shape index (κ2) is 5.89. The third kappa shape index (κ3) is 3.15. The van der Waals surface area contributed by atoms with Gasteiger partial charge in [-0.1, -0.05) is 42.8 Å². The van der Waals surface area contributed by atoms with Crippen LogP contribution in [0.15, 0.2) is 35.4 Å². The Morgan fingerprint density at radius 3 is 2.53 bits per heavy atom. The van der Waals surface area contributed by atoms with Crippen LogP contribution < -0.4 is 11.3 Å². The maximum atomic E-state index is 11.8. The topological polar surface area (TPSA) is 60.9 Å². The summed E-state index contributed by atoms with van der Waals surface area (Å²) in [6.45, 7) is 2.66. The molecule has 0 bridgehead atoms. The van der Waals surface area contributed by atoms with E-state index in [1.165, 1.54) is 22.0 Å². The normalized spacial score (nSPS) is 10.6. The predicted octanol–water partition coefficient (Wildman–Crippen LogP) is 2.28. The summed E-state index contributed by atoms with van der Waals surface area (Å²) in [5.41, 5.74) is 7.66. The maximum Gasteiger partial charge on any atom is 0.274 e. The Kier molecular flexibility index (Phi) is 4.22. The molecule has 4 nitrogen and oxygen atoms in total. The first-order chi connectivity index (χ1) is 9.11. The highest BCUT2D eigenvalue weighted by Crippen LogP contribution is 2.09. The van der Waals surface area contributed by atoms with Gasteiger partial charge < -0.3 is 5.73 Å². The van der Waals surface area contributed by atoms with E-state index in [4.69, 9.17) is 17.3 Å². The van der Waals surface area contributed by atoms with E-state index in [-0.39, 0.29) is 16.4 Å². The van der Waals surface area contributed by atoms with Crippen molar-refractivity contribution in [3.63, 3.8) is 0 Å². The minimum atomic E-state index is -0.292. The van der Waals surface area contributed by atoms with Crippen LogP contribution in [0.25, 0.3) is 0 Å². The first kappa shape index (κ1) is 13.6. The molecule has 5 heteroatoms. The van der Waals surface area contributed by atoms with Crippen LogP contribution in [0, 0.1) is 0 Å². The van der Waals surface area contributed by atoms with Crippen molar-refractivity contribution in [3.8, 4) is 0 Å². The lowest BCUT2D eigenvalue weighted by Crippen LogP contribution is -2.23. The van der Waals surface area contributed by atoms with Crippen LogP contribution in [0.4, 0.5) is 5.82 Å². The second-order valence-corrected chi connectivity index (χ2v) is 4.74. The number of nitrogen functional groups attached to an aromatic ring is 1. The maximum absolute atomic E-state index is 11.8. The highest BCUT2D eigenvalue weighted by molar-refractivity contribution is 6.32. The summed E-state index contributed by atoms with van der Waals surface area (Å²) in [4.78, 5) is 15.7. The van der Waals surface area contributed by atoms with Gasteiger partial charge in [0, 0.05) is 6.54 Å². The molecule has 2 aromatic rings. The van der Waals surface area contributed by atoms with Crippen molar-refractivity contribution >= 4 is 17.4 Å². The minimum Gasteiger partial charge on any atom is -0.382 e. The smallest absolute Gasteiger partial charge is 0.274 e. The number of hydrogen-bond acceptors (Lipinski definition) is 3. The molecule has 0 radical (unpaired) electrons. The molecule has 0 amide bonds. The molecule has 19 heavy (non-hydrogen) atoms. The molecule has 0 aliphatic carbocycles. The lowest BCUT2D eigenvalue weighted by Gasteiger charge is -2.07. The average molecular weight is 278 g/mol. The summed E-state index contributed by atoms with van der Waals surface area (Å²) in [5, 5.41) is -0.0103. The van der Waals surface area contributed by atoms with Crippen molar-refractivity contribution in [2.45, 2.75) is 26.3 Å². The number of anilines is 1. The van der Waals surface area contributed by atoms with Gasteiger partial charge in [0.1, 0.15) is 10.8 Å². The van der Waals surface area contributed by atoms with E-state index in [2.05, 4.69) is 36.2 Å². The first-order valence-corrected chi connectivity index (χ1v) is 6.58. The molecule has 0 atom stereocenters. The summed E-state index contributed by atoms with van der Waals surface area (Å²) in [6, 6.07) is 8.37. The summed E-state index contributed by atoms with van der Waals surface area (Å²) < 4.78 is 1.48. The zero-order chi connectivity index (χ0) is 13.8. The molecule has 100 valence electrons. The van der Waals surface area contributed by atoms with E-state index in [0.29, 0.717) is 6.54 Å². The van der Waals surface area contributed by atoms with Crippen molar-refractivity contribution in [2.75, 3.05) is 5.73 Å². The number of nitrogens with two attached hydrogens (primary N) is 1. The summed E-state index contributed by atoms with van der Waals surface area (Å²) >= 11 is 5.78. The van der Waals surface area contributed by atoms with Crippen molar-refractivity contribution in [3.05, 3.63) is 57.1 Å². The molecular formula is C14H16ClN3O. The molecule has 1 heterocycles. The Bertz CT molecular complexity index is 620. The predicted molar refractivity (Wildman–Crippen MR) is 77.4 cm³/mol. The molecule has 0 saturated heterocycles. The number of halogens is 1. The van der Waals surface area contributed by atoms with Crippen LogP contribution in [0.2, 0.25) is 5.02 Å². The number of aryl methyl sites for hydroxylation is 3. The Morgan fingerprint density at radius 1 is 1.26 bits per heavy atom. The third-order valence-electron chi connectivity index (χ3n) is 3.08. The number of nitrogens with zero attached hydrogens (tertiary/aromatic N) is 2. The molecule has 1 aromatic carbocycles. The fraction of sp³-hybridized carbons (Fsp3) is 0.286. The van der Waals surface area contributed by atoms with Crippen molar-refractivity contribution in [2.24, 2.45) is 0 Å². The SMILES string of the molecule is CCc1ccc(CCn2cnc(N)c(Cl)c2=O)cc1. The number of aromatic nitrogens is 2. The highest BCUT2D eigenvalue weighted by Gasteiger charge is 2.06. The van der Waals surface area contributed by atoms with Crippen LogP contribution in [0.5, 0.6) is 0 Å². The largest absolute Gasteiger partial charge is 0.382 e. The summed E-state index contributed by atoms with van der Waals surface area (Å²) in [5.74, 6) is 0.0789. The van der Waals surface area contributed by atoms with Crippen molar-refractivity contribution in [1.82, 2.24) is 9.55 Å². The summed E-state index contributed by atoms with van der Waals surface area (Å²) in [6.07, 6.45) is 3.22. The van der Waals surface area contributed by atoms with E-state index in [1.807, 2.05) is 0 Å². The summed E-state index contributed by atoms with van der Waals surface area (Å²) in [7, 11) is 0. The van der Waals surface area contributed by atoms with Gasteiger partial charge in [-0.15, -0.1) is 0 Å². The standard InChI is InChI=1S/C14H16ClN3O/c1-2-10-3-5-11(6-4-10)7-8-18-9-17-13(16)12(15)14(18)19/h3-6,9H,2,7-8,16H2,1H3. The lowest BCUT2D eigenvalue weighted by molar-refractivity contribution is 0.656. The highest BCUT2D eigenvalue weighted by atomic mass is 35.5. The van der Waals surface area contributed by atoms with E-state index in [9.17, 15) is 4.79 Å². The van der Waals surface area contributed by atoms with Crippen LogP contribution >= 0.6 is 11.6 Å². The molecule has 0 fully saturated rings. The van der Waals surface area contributed by atoms with Gasteiger partial charge in [-0.3, -0.25) is 9.36 Å². The Morgan fingerprint density at radius 2 is 1.89 bits per heavy atom. The average Bonchev–Trinajstić information content (AvgIpc) is 2.45. The zero-order valence-electron chi connectivity index (χ0n) is 10.8. The molecule has 0 spiro atoms. The number of hydrogen-bond donors (Lipinski definition) is 1. The van der Waals surface area contributed by atoms with Gasteiger partial charge in [0.25, 0.3) is 5.56 Å². The van der Waals surface area contributed by atoms with E-state index < -0.39 is 0 Å². The molecule has 0 aliphatic rings. The fourth-order valence-corrected chi connectivity index (χ4v) is 1.98. The second-order valence-electron chi connectivity index (χ2n) is 4.36. The quantitative estimate of drug-likeness (QED) is 0.933. The van der Waals surface area contributed by atoms with Crippen molar-refractivity contribution in [1.29, 1.82) is 0 Å². The van der Waals surface area contributed by atoms with Gasteiger partial charge in [-0.05, 0) is 24.0 Å². The van der Waals surface area contributed by atoms with Crippen LogP contribution in [0.3, 0.4) is 0 Å². The van der Waals surface area contributed by atoms with Gasteiger partial charge in [0.05, 0.1) is 6.33 Å².